The number of aromatic nitrogens is 4. The van der Waals surface area contributed by atoms with E-state index in [1.807, 2.05) is 49.1 Å². The first-order valence-electron chi connectivity index (χ1n) is 10.5. The van der Waals surface area contributed by atoms with E-state index in [-0.39, 0.29) is 23.2 Å². The van der Waals surface area contributed by atoms with E-state index >= 15 is 0 Å². The summed E-state index contributed by atoms with van der Waals surface area (Å²) in [5.41, 5.74) is 3.35. The van der Waals surface area contributed by atoms with Crippen LogP contribution in [0.4, 0.5) is 11.4 Å². The summed E-state index contributed by atoms with van der Waals surface area (Å²) in [4.78, 5) is 37.7. The second kappa shape index (κ2) is 7.04. The molecule has 1 spiro atoms. The molecule has 5 rings (SSSR count). The first-order valence-corrected chi connectivity index (χ1v) is 10.5. The molecule has 0 bridgehead atoms. The second-order valence-electron chi connectivity index (χ2n) is 8.51. The van der Waals surface area contributed by atoms with Crippen LogP contribution in [0, 0.1) is 13.8 Å². The largest absolute Gasteiger partial charge is 0.376 e. The van der Waals surface area contributed by atoms with Crippen molar-refractivity contribution in [2.24, 2.45) is 0 Å². The van der Waals surface area contributed by atoms with E-state index in [9.17, 15) is 9.59 Å². The Morgan fingerprint density at radius 2 is 1.84 bits per heavy atom. The van der Waals surface area contributed by atoms with Crippen LogP contribution in [0.2, 0.25) is 0 Å². The van der Waals surface area contributed by atoms with Gasteiger partial charge in [0, 0.05) is 37.9 Å². The number of nitrogens with one attached hydrogen (secondary N) is 1. The standard InChI is InChI=1S/C22H25N7O2/c1-14-12-15(2)29-21(23-14)24-19(26-29)20(31)27-10-8-22(9-11-27)13-28(16(3)30)18-7-5-4-6-17(18)25-22/h4-7,12,25H,8-11,13H2,1-3H3. The van der Waals surface area contributed by atoms with Crippen LogP contribution < -0.4 is 10.2 Å². The number of hydrogen-bond acceptors (Lipinski definition) is 6. The number of likely N-dealkylation sites (tertiary alicyclic amines) is 1. The number of carbonyl (C=O) groups is 2. The number of para-hydroxylation sites is 2. The fourth-order valence-electron chi connectivity index (χ4n) is 4.63. The van der Waals surface area contributed by atoms with Gasteiger partial charge in [0.05, 0.1) is 16.9 Å². The molecule has 1 saturated heterocycles. The van der Waals surface area contributed by atoms with Gasteiger partial charge in [0.2, 0.25) is 11.7 Å². The van der Waals surface area contributed by atoms with Gasteiger partial charge in [-0.2, -0.15) is 4.98 Å². The minimum absolute atomic E-state index is 0.0268. The molecule has 0 atom stereocenters. The number of fused-ring (bicyclic) bond motifs is 2. The number of amides is 2. The monoisotopic (exact) mass is 419 g/mol. The van der Waals surface area contributed by atoms with Crippen molar-refractivity contribution in [3.8, 4) is 0 Å². The van der Waals surface area contributed by atoms with E-state index < -0.39 is 0 Å². The van der Waals surface area contributed by atoms with E-state index in [4.69, 9.17) is 0 Å². The van der Waals surface area contributed by atoms with Gasteiger partial charge in [-0.05, 0) is 44.9 Å². The first kappa shape index (κ1) is 19.5. The Bertz CT molecular complexity index is 1190. The Hall–Kier alpha value is -3.49. The van der Waals surface area contributed by atoms with Gasteiger partial charge in [-0.1, -0.05) is 12.1 Å². The fraction of sp³-hybridized carbons (Fsp3) is 0.409. The third-order valence-corrected chi connectivity index (χ3v) is 6.25. The zero-order chi connectivity index (χ0) is 21.8. The van der Waals surface area contributed by atoms with Crippen LogP contribution in [0.1, 0.15) is 41.8 Å². The number of nitrogens with zero attached hydrogens (tertiary/aromatic N) is 6. The molecule has 0 unspecified atom stereocenters. The SMILES string of the molecule is CC(=O)N1CC2(CCN(C(=O)c3nc4nc(C)cc(C)n4n3)CC2)Nc2ccccc21. The molecule has 31 heavy (non-hydrogen) atoms. The van der Waals surface area contributed by atoms with Crippen LogP contribution in [0.5, 0.6) is 0 Å². The van der Waals surface area contributed by atoms with Gasteiger partial charge in [-0.25, -0.2) is 9.50 Å². The molecule has 1 aromatic carbocycles. The van der Waals surface area contributed by atoms with E-state index in [1.54, 1.807) is 16.3 Å². The number of benzene rings is 1. The van der Waals surface area contributed by atoms with Crippen molar-refractivity contribution in [2.75, 3.05) is 29.9 Å². The molecule has 4 heterocycles. The number of hydrogen-bond donors (Lipinski definition) is 1. The van der Waals surface area contributed by atoms with E-state index in [0.29, 0.717) is 25.4 Å². The van der Waals surface area contributed by atoms with Crippen LogP contribution in [-0.4, -0.2) is 61.5 Å². The Morgan fingerprint density at radius 1 is 1.10 bits per heavy atom. The molecule has 2 aliphatic heterocycles. The molecule has 0 aliphatic carbocycles. The predicted octanol–water partition coefficient (Wildman–Crippen LogP) is 2.19. The maximum absolute atomic E-state index is 13.1. The van der Waals surface area contributed by atoms with Crippen LogP contribution in [0.25, 0.3) is 5.78 Å². The number of aryl methyl sites for hydroxylation is 2. The molecule has 2 amide bonds. The minimum atomic E-state index is -0.252. The zero-order valence-corrected chi connectivity index (χ0v) is 17.9. The third-order valence-electron chi connectivity index (χ3n) is 6.25. The summed E-state index contributed by atoms with van der Waals surface area (Å²) in [6, 6.07) is 9.78. The number of piperidine rings is 1. The highest BCUT2D eigenvalue weighted by Crippen LogP contribution is 2.39. The van der Waals surface area contributed by atoms with Crippen LogP contribution in [0.15, 0.2) is 30.3 Å². The average Bonchev–Trinajstić information content (AvgIpc) is 3.17. The van der Waals surface area contributed by atoms with Gasteiger partial charge in [-0.15, -0.1) is 5.10 Å². The molecule has 2 aliphatic rings. The molecular weight excluding hydrogens is 394 g/mol. The van der Waals surface area contributed by atoms with Crippen molar-refractivity contribution >= 4 is 29.0 Å². The summed E-state index contributed by atoms with van der Waals surface area (Å²) in [5.74, 6) is 0.456. The summed E-state index contributed by atoms with van der Waals surface area (Å²) in [5, 5.41) is 8.04. The summed E-state index contributed by atoms with van der Waals surface area (Å²) in [6.07, 6.45) is 1.47. The summed E-state index contributed by atoms with van der Waals surface area (Å²) in [7, 11) is 0. The molecular formula is C22H25N7O2. The normalized spacial score (nSPS) is 17.5. The fourth-order valence-corrected chi connectivity index (χ4v) is 4.63. The smallest absolute Gasteiger partial charge is 0.293 e. The van der Waals surface area contributed by atoms with Crippen molar-refractivity contribution in [2.45, 2.75) is 39.2 Å². The van der Waals surface area contributed by atoms with E-state index in [1.165, 1.54) is 0 Å². The highest BCUT2D eigenvalue weighted by Gasteiger charge is 2.42. The number of rotatable bonds is 1. The van der Waals surface area contributed by atoms with Crippen LogP contribution >= 0.6 is 0 Å². The molecule has 0 saturated carbocycles. The molecule has 9 nitrogen and oxygen atoms in total. The topological polar surface area (TPSA) is 95.7 Å². The van der Waals surface area contributed by atoms with E-state index in [2.05, 4.69) is 20.4 Å². The van der Waals surface area contributed by atoms with Crippen molar-refractivity contribution in [1.29, 1.82) is 0 Å². The van der Waals surface area contributed by atoms with Gasteiger partial charge in [0.25, 0.3) is 11.7 Å². The third kappa shape index (κ3) is 3.30. The van der Waals surface area contributed by atoms with Crippen LogP contribution in [0.3, 0.4) is 0 Å². The lowest BCUT2D eigenvalue weighted by Crippen LogP contribution is -2.59. The lowest BCUT2D eigenvalue weighted by Gasteiger charge is -2.48. The van der Waals surface area contributed by atoms with Gasteiger partial charge >= 0.3 is 0 Å². The molecule has 1 N–H and O–H groups in total. The highest BCUT2D eigenvalue weighted by molar-refractivity contribution is 5.97. The second-order valence-corrected chi connectivity index (χ2v) is 8.51. The van der Waals surface area contributed by atoms with E-state index in [0.717, 1.165) is 35.6 Å². The maximum Gasteiger partial charge on any atom is 0.293 e. The van der Waals surface area contributed by atoms with Gasteiger partial charge < -0.3 is 15.1 Å². The summed E-state index contributed by atoms with van der Waals surface area (Å²) in [6.45, 7) is 7.15. The Morgan fingerprint density at radius 3 is 2.58 bits per heavy atom. The van der Waals surface area contributed by atoms with Crippen molar-refractivity contribution in [3.05, 3.63) is 47.5 Å². The Kier molecular flexibility index (Phi) is 4.42. The van der Waals surface area contributed by atoms with Crippen LogP contribution in [-0.2, 0) is 4.79 Å². The average molecular weight is 419 g/mol. The number of carbonyl (C=O) groups excluding carboxylic acids is 2. The van der Waals surface area contributed by atoms with Gasteiger partial charge in [-0.3, -0.25) is 9.59 Å². The molecule has 0 radical (unpaired) electrons. The number of anilines is 2. The minimum Gasteiger partial charge on any atom is -0.376 e. The predicted molar refractivity (Wildman–Crippen MR) is 116 cm³/mol. The summed E-state index contributed by atoms with van der Waals surface area (Å²) >= 11 is 0. The summed E-state index contributed by atoms with van der Waals surface area (Å²) < 4.78 is 1.61. The molecule has 2 aromatic heterocycles. The lowest BCUT2D eigenvalue weighted by atomic mass is 9.84. The maximum atomic E-state index is 13.1. The lowest BCUT2D eigenvalue weighted by molar-refractivity contribution is -0.116. The molecule has 1 fully saturated rings. The molecule has 9 heteroatoms. The highest BCUT2D eigenvalue weighted by atomic mass is 16.2. The van der Waals surface area contributed by atoms with Crippen molar-refractivity contribution < 1.29 is 9.59 Å². The Labute approximate surface area is 180 Å². The molecule has 3 aromatic rings. The zero-order valence-electron chi connectivity index (χ0n) is 17.9. The molecule has 160 valence electrons. The van der Waals surface area contributed by atoms with Gasteiger partial charge in [0.15, 0.2) is 0 Å². The van der Waals surface area contributed by atoms with Crippen molar-refractivity contribution in [1.82, 2.24) is 24.5 Å². The quantitative estimate of drug-likeness (QED) is 0.650. The first-order chi connectivity index (χ1) is 14.8. The van der Waals surface area contributed by atoms with Crippen molar-refractivity contribution in [3.63, 3.8) is 0 Å². The Balaban J connectivity index is 1.35. The van der Waals surface area contributed by atoms with Gasteiger partial charge in [0.1, 0.15) is 0 Å².